The largest absolute Gasteiger partial charge is 0.497 e. The first-order chi connectivity index (χ1) is 31.4. The van der Waals surface area contributed by atoms with E-state index in [-0.39, 0.29) is 39.2 Å². The summed E-state index contributed by atoms with van der Waals surface area (Å²) in [5.74, 6) is -0.336. The van der Waals surface area contributed by atoms with Gasteiger partial charge in [0.05, 0.1) is 24.2 Å². The lowest BCUT2D eigenvalue weighted by molar-refractivity contribution is 0.0979. The number of hydrogen-bond donors (Lipinski definition) is 2. The van der Waals surface area contributed by atoms with Crippen LogP contribution in [0.15, 0.2) is 114 Å². The Morgan fingerprint density at radius 1 is 1.00 bits per heavy atom. The molecular weight excluding hydrogens is 864 g/mol. The molecule has 0 saturated carbocycles. The van der Waals surface area contributed by atoms with Crippen LogP contribution in [0.3, 0.4) is 0 Å². The van der Waals surface area contributed by atoms with Gasteiger partial charge in [0, 0.05) is 92.7 Å². The normalized spacial score (nSPS) is 18.2. The molecule has 16 heteroatoms. The van der Waals surface area contributed by atoms with Gasteiger partial charge in [-0.2, -0.15) is 5.26 Å². The first kappa shape index (κ1) is 43.9. The molecule has 3 aliphatic heterocycles. The van der Waals surface area contributed by atoms with E-state index >= 15 is 0 Å². The van der Waals surface area contributed by atoms with Gasteiger partial charge in [0.15, 0.2) is 0 Å². The highest BCUT2D eigenvalue weighted by Gasteiger charge is 2.31. The Morgan fingerprint density at radius 3 is 2.55 bits per heavy atom. The molecule has 5 aromatic rings. The van der Waals surface area contributed by atoms with Crippen LogP contribution in [0.5, 0.6) is 17.4 Å². The van der Waals surface area contributed by atoms with Crippen LogP contribution in [0, 0.1) is 16.7 Å². The summed E-state index contributed by atoms with van der Waals surface area (Å²) >= 11 is 6.25. The fraction of sp³-hybridized carbons (Fsp3) is 0.347. The smallest absolute Gasteiger partial charge is 0.268 e. The molecule has 2 fully saturated rings. The third-order valence-corrected chi connectivity index (χ3v) is 14.2. The summed E-state index contributed by atoms with van der Waals surface area (Å²) in [6.07, 6.45) is 14.4. The second-order valence-corrected chi connectivity index (χ2v) is 19.8. The van der Waals surface area contributed by atoms with Crippen LogP contribution >= 0.6 is 11.6 Å². The highest BCUT2D eigenvalue weighted by Crippen LogP contribution is 2.43. The van der Waals surface area contributed by atoms with E-state index in [1.807, 2.05) is 42.5 Å². The molecule has 2 aromatic carbocycles. The number of nitrogens with zero attached hydrogens (tertiary/aromatic N) is 6. The number of benzene rings is 2. The summed E-state index contributed by atoms with van der Waals surface area (Å²) in [5, 5.41) is 11.6. The number of aromatic amines is 1. The number of pyridine rings is 2. The Balaban J connectivity index is 0.899. The highest BCUT2D eigenvalue weighted by atomic mass is 35.5. The number of anilines is 1. The zero-order valence-electron chi connectivity index (χ0n) is 36.4. The van der Waals surface area contributed by atoms with E-state index in [0.717, 1.165) is 93.1 Å². The second-order valence-electron chi connectivity index (χ2n) is 17.7. The zero-order chi connectivity index (χ0) is 45.1. The van der Waals surface area contributed by atoms with Crippen molar-refractivity contribution in [2.24, 2.45) is 5.41 Å². The van der Waals surface area contributed by atoms with Crippen LogP contribution in [0.1, 0.15) is 67.4 Å². The molecular formula is C49H51ClN8O6S. The van der Waals surface area contributed by atoms with E-state index in [4.69, 9.17) is 25.8 Å². The molecule has 6 heterocycles. The average Bonchev–Trinajstić information content (AvgIpc) is 3.79. The maximum absolute atomic E-state index is 14.0. The topological polar surface area (TPSA) is 166 Å². The number of amides is 1. The highest BCUT2D eigenvalue weighted by molar-refractivity contribution is 7.90. The molecule has 0 unspecified atom stereocenters. The number of fused-ring (bicyclic) bond motifs is 1. The Labute approximate surface area is 384 Å². The Morgan fingerprint density at radius 2 is 1.80 bits per heavy atom. The summed E-state index contributed by atoms with van der Waals surface area (Å²) < 4.78 is 47.5. The van der Waals surface area contributed by atoms with Crippen molar-refractivity contribution in [3.8, 4) is 23.4 Å². The van der Waals surface area contributed by atoms with E-state index in [1.54, 1.807) is 36.9 Å². The van der Waals surface area contributed by atoms with Crippen LogP contribution in [-0.2, 0) is 14.8 Å². The van der Waals surface area contributed by atoms with Crippen LogP contribution in [-0.4, -0.2) is 97.6 Å². The van der Waals surface area contributed by atoms with E-state index in [1.165, 1.54) is 22.8 Å². The van der Waals surface area contributed by atoms with E-state index in [2.05, 4.69) is 60.4 Å². The van der Waals surface area contributed by atoms with E-state index < -0.39 is 15.9 Å². The van der Waals surface area contributed by atoms with Gasteiger partial charge >= 0.3 is 0 Å². The van der Waals surface area contributed by atoms with Crippen molar-refractivity contribution >= 4 is 49.8 Å². The lowest BCUT2D eigenvalue weighted by Crippen LogP contribution is -2.47. The molecule has 0 spiro atoms. The summed E-state index contributed by atoms with van der Waals surface area (Å²) in [5.41, 5.74) is 6.91. The van der Waals surface area contributed by atoms with Gasteiger partial charge in [0.2, 0.25) is 5.88 Å². The number of carbonyl (C=O) groups excluding carboxylic acids is 1. The minimum absolute atomic E-state index is 0.00113. The van der Waals surface area contributed by atoms with Crippen molar-refractivity contribution in [1.82, 2.24) is 29.5 Å². The third kappa shape index (κ3) is 10.2. The van der Waals surface area contributed by atoms with Gasteiger partial charge in [0.25, 0.3) is 15.9 Å². The van der Waals surface area contributed by atoms with Crippen molar-refractivity contribution in [2.75, 3.05) is 57.3 Å². The maximum Gasteiger partial charge on any atom is 0.268 e. The van der Waals surface area contributed by atoms with Crippen LogP contribution in [0.4, 0.5) is 5.69 Å². The number of piperazine rings is 1. The number of aromatic nitrogens is 3. The summed E-state index contributed by atoms with van der Waals surface area (Å²) in [6.45, 7) is 10.7. The molecule has 0 bridgehead atoms. The standard InChI is InChI=1S/C49H51ClN8O6S/c1-49(2)15-9-35(44(28-49)33-3-5-37(50)6-4-33)32-56-19-21-58(22-20-56)39-7-8-43(45(27-39)63-41-25-34-10-16-52-46(34)53-30-41)47(59)55-65(60,61)42-26-36(29-51)48(54-31-42)64-40-11-17-57(18-12-40)38-13-23-62-24-14-38/h3-8,10,13-14,16,23,25-27,30-31,40H,9,11-12,15,17-22,24,28,32H2,1-2H3,(H,52,53)(H,55,59). The number of ether oxygens (including phenoxy) is 3. The average molecular weight is 916 g/mol. The van der Waals surface area contributed by atoms with Gasteiger partial charge in [0.1, 0.15) is 46.4 Å². The first-order valence-corrected chi connectivity index (χ1v) is 23.8. The van der Waals surface area contributed by atoms with Crippen molar-refractivity contribution in [1.29, 1.82) is 5.26 Å². The number of rotatable bonds is 12. The van der Waals surface area contributed by atoms with Gasteiger partial charge in [-0.1, -0.05) is 43.2 Å². The summed E-state index contributed by atoms with van der Waals surface area (Å²) in [4.78, 5) is 32.4. The molecule has 1 amide bonds. The molecule has 3 aromatic heterocycles. The second kappa shape index (κ2) is 18.6. The number of sulfonamides is 1. The molecule has 2 saturated heterocycles. The number of nitrogens with one attached hydrogen (secondary N) is 2. The van der Waals surface area contributed by atoms with Crippen LogP contribution < -0.4 is 19.1 Å². The Kier molecular flexibility index (Phi) is 12.6. The summed E-state index contributed by atoms with van der Waals surface area (Å²) in [6, 6.07) is 20.2. The Bertz CT molecular complexity index is 2830. The summed E-state index contributed by atoms with van der Waals surface area (Å²) in [7, 11) is -4.50. The molecule has 65 heavy (non-hydrogen) atoms. The number of halogens is 1. The third-order valence-electron chi connectivity index (χ3n) is 12.6. The first-order valence-electron chi connectivity index (χ1n) is 22.0. The minimum Gasteiger partial charge on any atom is -0.497 e. The van der Waals surface area contributed by atoms with Gasteiger partial charge in [-0.3, -0.25) is 9.69 Å². The molecule has 9 rings (SSSR count). The van der Waals surface area contributed by atoms with E-state index in [0.29, 0.717) is 30.8 Å². The van der Waals surface area contributed by atoms with Crippen LogP contribution in [0.25, 0.3) is 16.6 Å². The van der Waals surface area contributed by atoms with Gasteiger partial charge < -0.3 is 29.0 Å². The number of H-pyrrole nitrogens is 1. The minimum atomic E-state index is -4.50. The molecule has 1 aliphatic carbocycles. The fourth-order valence-corrected chi connectivity index (χ4v) is 10.0. The lowest BCUT2D eigenvalue weighted by Gasteiger charge is -2.39. The molecule has 14 nitrogen and oxygen atoms in total. The predicted octanol–water partition coefficient (Wildman–Crippen LogP) is 8.45. The van der Waals surface area contributed by atoms with Gasteiger partial charge in [-0.25, -0.2) is 23.1 Å². The number of hydrogen-bond acceptors (Lipinski definition) is 12. The van der Waals surface area contributed by atoms with Crippen molar-refractivity contribution in [3.63, 3.8) is 0 Å². The number of allylic oxidation sites excluding steroid dienone is 2. The van der Waals surface area contributed by atoms with Crippen molar-refractivity contribution in [2.45, 2.75) is 57.0 Å². The zero-order valence-corrected chi connectivity index (χ0v) is 38.0. The quantitative estimate of drug-likeness (QED) is 0.123. The van der Waals surface area contributed by atoms with Crippen molar-refractivity contribution in [3.05, 3.63) is 131 Å². The van der Waals surface area contributed by atoms with Crippen LogP contribution in [0.2, 0.25) is 5.02 Å². The number of nitriles is 1. The predicted molar refractivity (Wildman–Crippen MR) is 249 cm³/mol. The molecule has 0 radical (unpaired) electrons. The maximum atomic E-state index is 14.0. The SMILES string of the molecule is CC1(C)CCC(CN2CCN(c3ccc(C(=O)NS(=O)(=O)c4cnc(OC5CCN(C6=CCOC=C6)CC5)c(C#N)c4)c(Oc4cnc5[nH]ccc5c4)c3)CC2)=C(c2ccc(Cl)cc2)C1. The monoisotopic (exact) mass is 914 g/mol. The fourth-order valence-electron chi connectivity index (χ4n) is 8.97. The van der Waals surface area contributed by atoms with Crippen molar-refractivity contribution < 1.29 is 27.4 Å². The molecule has 336 valence electrons. The van der Waals surface area contributed by atoms with Gasteiger partial charge in [-0.15, -0.1) is 0 Å². The lowest BCUT2D eigenvalue weighted by atomic mass is 9.72. The molecule has 2 N–H and O–H groups in total. The number of likely N-dealkylation sites (tertiary alicyclic amines) is 1. The van der Waals surface area contributed by atoms with Gasteiger partial charge in [-0.05, 0) is 90.4 Å². The van der Waals surface area contributed by atoms with E-state index in [9.17, 15) is 18.5 Å². The molecule has 0 atom stereocenters. The number of carbonyl (C=O) groups is 1. The number of piperidine rings is 1. The Hall–Kier alpha value is -6.34. The molecule has 4 aliphatic rings.